The van der Waals surface area contributed by atoms with Crippen LogP contribution in [-0.4, -0.2) is 0 Å². The second-order valence-electron chi connectivity index (χ2n) is 5.88. The molecule has 2 N–H and O–H groups in total. The molecule has 0 fully saturated rings. The topological polar surface area (TPSA) is 35.2 Å². The Kier molecular flexibility index (Phi) is 3.98. The van der Waals surface area contributed by atoms with Crippen molar-refractivity contribution in [2.45, 2.75) is 32.8 Å². The van der Waals surface area contributed by atoms with E-state index in [-0.39, 0.29) is 17.8 Å². The minimum absolute atomic E-state index is 0.0399. The van der Waals surface area contributed by atoms with Crippen LogP contribution >= 0.6 is 0 Å². The SMILES string of the molecule is CC(C)(C)c1ccc(OCc2ccccc2F)c(N)c1. The van der Waals surface area contributed by atoms with Gasteiger partial charge in [-0.05, 0) is 29.2 Å². The van der Waals surface area contributed by atoms with Crippen LogP contribution in [0.2, 0.25) is 0 Å². The van der Waals surface area contributed by atoms with Gasteiger partial charge >= 0.3 is 0 Å². The Bertz CT molecular complexity index is 602. The summed E-state index contributed by atoms with van der Waals surface area (Å²) in [7, 11) is 0. The highest BCUT2D eigenvalue weighted by molar-refractivity contribution is 5.55. The first-order valence-corrected chi connectivity index (χ1v) is 6.64. The number of benzene rings is 2. The number of anilines is 1. The second kappa shape index (κ2) is 5.53. The first-order chi connectivity index (χ1) is 9.38. The number of nitrogens with two attached hydrogens (primary N) is 1. The van der Waals surface area contributed by atoms with Gasteiger partial charge in [-0.3, -0.25) is 0 Å². The van der Waals surface area contributed by atoms with E-state index in [1.54, 1.807) is 18.2 Å². The zero-order valence-corrected chi connectivity index (χ0v) is 12.1. The molecule has 0 saturated heterocycles. The molecule has 0 unspecified atom stereocenters. The zero-order valence-electron chi connectivity index (χ0n) is 12.1. The molecule has 2 aromatic rings. The highest BCUT2D eigenvalue weighted by Crippen LogP contribution is 2.30. The minimum Gasteiger partial charge on any atom is -0.487 e. The van der Waals surface area contributed by atoms with Crippen molar-refractivity contribution in [3.63, 3.8) is 0 Å². The number of rotatable bonds is 3. The fraction of sp³-hybridized carbons (Fsp3) is 0.294. The van der Waals surface area contributed by atoms with Crippen LogP contribution in [0.3, 0.4) is 0 Å². The standard InChI is InChI=1S/C17H20FNO/c1-17(2,3)13-8-9-16(15(19)10-13)20-11-12-6-4-5-7-14(12)18/h4-10H,11,19H2,1-3H3. The van der Waals surface area contributed by atoms with Crippen molar-refractivity contribution in [1.29, 1.82) is 0 Å². The fourth-order valence-corrected chi connectivity index (χ4v) is 1.92. The molecule has 0 atom stereocenters. The lowest BCUT2D eigenvalue weighted by Gasteiger charge is -2.20. The first-order valence-electron chi connectivity index (χ1n) is 6.64. The van der Waals surface area contributed by atoms with Gasteiger partial charge < -0.3 is 10.5 Å². The van der Waals surface area contributed by atoms with Gasteiger partial charge in [0.25, 0.3) is 0 Å². The van der Waals surface area contributed by atoms with Crippen LogP contribution in [-0.2, 0) is 12.0 Å². The Balaban J connectivity index is 2.13. The number of nitrogen functional groups attached to an aromatic ring is 1. The van der Waals surface area contributed by atoms with Gasteiger partial charge in [0, 0.05) is 5.56 Å². The van der Waals surface area contributed by atoms with E-state index >= 15 is 0 Å². The summed E-state index contributed by atoms with van der Waals surface area (Å²) in [4.78, 5) is 0. The molecule has 0 saturated carbocycles. The second-order valence-corrected chi connectivity index (χ2v) is 5.88. The number of ether oxygens (including phenoxy) is 1. The van der Waals surface area contributed by atoms with E-state index in [0.29, 0.717) is 17.0 Å². The lowest BCUT2D eigenvalue weighted by molar-refractivity contribution is 0.301. The molecule has 20 heavy (non-hydrogen) atoms. The first kappa shape index (κ1) is 14.4. The van der Waals surface area contributed by atoms with Gasteiger partial charge in [0.05, 0.1) is 5.69 Å². The Labute approximate surface area is 119 Å². The van der Waals surface area contributed by atoms with E-state index < -0.39 is 0 Å². The van der Waals surface area contributed by atoms with Crippen LogP contribution in [0.4, 0.5) is 10.1 Å². The average molecular weight is 273 g/mol. The molecular weight excluding hydrogens is 253 g/mol. The molecule has 0 amide bonds. The van der Waals surface area contributed by atoms with Crippen molar-refractivity contribution in [2.75, 3.05) is 5.73 Å². The predicted octanol–water partition coefficient (Wildman–Crippen LogP) is 4.28. The van der Waals surface area contributed by atoms with E-state index in [9.17, 15) is 4.39 Å². The summed E-state index contributed by atoms with van der Waals surface area (Å²) in [6, 6.07) is 12.3. The summed E-state index contributed by atoms with van der Waals surface area (Å²) in [6.45, 7) is 6.55. The highest BCUT2D eigenvalue weighted by Gasteiger charge is 2.15. The number of halogens is 1. The molecule has 3 heteroatoms. The molecule has 0 aliphatic rings. The van der Waals surface area contributed by atoms with Crippen LogP contribution < -0.4 is 10.5 Å². The Hall–Kier alpha value is -2.03. The number of hydrogen-bond acceptors (Lipinski definition) is 2. The van der Waals surface area contributed by atoms with Crippen LogP contribution in [0.1, 0.15) is 31.9 Å². The molecule has 0 aliphatic heterocycles. The largest absolute Gasteiger partial charge is 0.487 e. The van der Waals surface area contributed by atoms with Gasteiger partial charge in [0.2, 0.25) is 0 Å². The Morgan fingerprint density at radius 3 is 2.40 bits per heavy atom. The summed E-state index contributed by atoms with van der Waals surface area (Å²) in [5.74, 6) is 0.318. The predicted molar refractivity (Wildman–Crippen MR) is 80.3 cm³/mol. The summed E-state index contributed by atoms with van der Waals surface area (Å²) in [6.07, 6.45) is 0. The average Bonchev–Trinajstić information content (AvgIpc) is 2.38. The summed E-state index contributed by atoms with van der Waals surface area (Å²) < 4.78 is 19.1. The maximum Gasteiger partial charge on any atom is 0.142 e. The van der Waals surface area contributed by atoms with Crippen LogP contribution in [0.15, 0.2) is 42.5 Å². The Morgan fingerprint density at radius 2 is 1.80 bits per heavy atom. The molecule has 0 aromatic heterocycles. The van der Waals surface area contributed by atoms with Crippen molar-refractivity contribution in [3.8, 4) is 5.75 Å². The molecule has 2 rings (SSSR count). The monoisotopic (exact) mass is 273 g/mol. The van der Waals surface area contributed by atoms with Gasteiger partial charge in [-0.1, -0.05) is 45.0 Å². The van der Waals surface area contributed by atoms with E-state index in [1.165, 1.54) is 6.07 Å². The lowest BCUT2D eigenvalue weighted by Crippen LogP contribution is -2.11. The van der Waals surface area contributed by atoms with Crippen LogP contribution in [0, 0.1) is 5.82 Å². The van der Waals surface area contributed by atoms with Crippen LogP contribution in [0.5, 0.6) is 5.75 Å². The normalized spacial score (nSPS) is 11.4. The third-order valence-corrected chi connectivity index (χ3v) is 3.22. The molecule has 0 radical (unpaired) electrons. The highest BCUT2D eigenvalue weighted by atomic mass is 19.1. The lowest BCUT2D eigenvalue weighted by atomic mass is 9.87. The quantitative estimate of drug-likeness (QED) is 0.847. The van der Waals surface area contributed by atoms with Crippen molar-refractivity contribution < 1.29 is 9.13 Å². The third kappa shape index (κ3) is 3.29. The van der Waals surface area contributed by atoms with Gasteiger partial charge in [-0.2, -0.15) is 0 Å². The molecule has 0 aliphatic carbocycles. The summed E-state index contributed by atoms with van der Waals surface area (Å²) in [5.41, 5.74) is 8.29. The van der Waals surface area contributed by atoms with E-state index in [1.807, 2.05) is 18.2 Å². The van der Waals surface area contributed by atoms with Crippen molar-refractivity contribution >= 4 is 5.69 Å². The van der Waals surface area contributed by atoms with Crippen molar-refractivity contribution in [2.24, 2.45) is 0 Å². The minimum atomic E-state index is -0.266. The van der Waals surface area contributed by atoms with Crippen LogP contribution in [0.25, 0.3) is 0 Å². The zero-order chi connectivity index (χ0) is 14.8. The number of hydrogen-bond donors (Lipinski definition) is 1. The summed E-state index contributed by atoms with van der Waals surface area (Å²) >= 11 is 0. The van der Waals surface area contributed by atoms with Gasteiger partial charge in [-0.25, -0.2) is 4.39 Å². The maximum absolute atomic E-state index is 13.5. The smallest absolute Gasteiger partial charge is 0.142 e. The van der Waals surface area contributed by atoms with Gasteiger partial charge in [0.1, 0.15) is 18.2 Å². The fourth-order valence-electron chi connectivity index (χ4n) is 1.92. The molecule has 0 heterocycles. The molecule has 0 bridgehead atoms. The molecule has 2 aromatic carbocycles. The van der Waals surface area contributed by atoms with E-state index in [2.05, 4.69) is 20.8 Å². The summed E-state index contributed by atoms with van der Waals surface area (Å²) in [5, 5.41) is 0. The molecular formula is C17H20FNO. The van der Waals surface area contributed by atoms with Crippen molar-refractivity contribution in [1.82, 2.24) is 0 Å². The van der Waals surface area contributed by atoms with E-state index in [4.69, 9.17) is 10.5 Å². The molecule has 0 spiro atoms. The third-order valence-electron chi connectivity index (χ3n) is 3.22. The Morgan fingerprint density at radius 1 is 1.10 bits per heavy atom. The van der Waals surface area contributed by atoms with E-state index in [0.717, 1.165) is 5.56 Å². The molecule has 106 valence electrons. The van der Waals surface area contributed by atoms with Gasteiger partial charge in [0.15, 0.2) is 0 Å². The van der Waals surface area contributed by atoms with Gasteiger partial charge in [-0.15, -0.1) is 0 Å². The van der Waals surface area contributed by atoms with Crippen molar-refractivity contribution in [3.05, 3.63) is 59.4 Å². The molecule has 2 nitrogen and oxygen atoms in total. The maximum atomic E-state index is 13.5.